The van der Waals surface area contributed by atoms with Gasteiger partial charge >= 0.3 is 0 Å². The van der Waals surface area contributed by atoms with Crippen LogP contribution in [0.2, 0.25) is 0 Å². The largest absolute Gasteiger partial charge is 0.264 e. The minimum absolute atomic E-state index is 1.17. The maximum absolute atomic E-state index is 4.66. The van der Waals surface area contributed by atoms with Gasteiger partial charge in [-0.15, -0.1) is 0 Å². The molecule has 0 bridgehead atoms. The molecule has 1 nitrogen and oxygen atoms in total. The number of rotatable bonds is 4. The average Bonchev–Trinajstić information content (AvgIpc) is 3.11. The molecule has 0 saturated carbocycles. The molecule has 9 aromatic rings. The van der Waals surface area contributed by atoms with E-state index in [0.717, 1.165) is 0 Å². The number of pyridine rings is 1. The molecular weight excluding hydrogens is 563 g/mol. The monoisotopic (exact) mass is 589 g/mol. The van der Waals surface area contributed by atoms with Gasteiger partial charge in [0.05, 0.1) is 0 Å². The Bertz CT molecular complexity index is 2500. The maximum Gasteiger partial charge on any atom is 0.0353 e. The van der Waals surface area contributed by atoms with Crippen LogP contribution in [0.3, 0.4) is 0 Å². The van der Waals surface area contributed by atoms with Crippen molar-refractivity contribution in [1.29, 1.82) is 0 Å². The molecule has 0 atom stereocenters. The van der Waals surface area contributed by atoms with Gasteiger partial charge in [-0.1, -0.05) is 139 Å². The molecule has 0 radical (unpaired) electrons. The topological polar surface area (TPSA) is 12.9 Å². The van der Waals surface area contributed by atoms with Crippen LogP contribution < -0.4 is 0 Å². The van der Waals surface area contributed by atoms with E-state index in [1.165, 1.54) is 85.9 Å². The summed E-state index contributed by atoms with van der Waals surface area (Å²) >= 11 is 1.84. The number of hydrogen-bond donors (Lipinski definition) is 0. The van der Waals surface area contributed by atoms with Gasteiger partial charge in [0.1, 0.15) is 0 Å². The summed E-state index contributed by atoms with van der Waals surface area (Å²) in [5.74, 6) is 0. The highest BCUT2D eigenvalue weighted by Gasteiger charge is 2.19. The van der Waals surface area contributed by atoms with Crippen LogP contribution in [0.4, 0.5) is 0 Å². The van der Waals surface area contributed by atoms with Crippen LogP contribution in [0, 0.1) is 0 Å². The van der Waals surface area contributed by atoms with Crippen LogP contribution >= 0.6 is 11.8 Å². The van der Waals surface area contributed by atoms with Gasteiger partial charge in [0.15, 0.2) is 0 Å². The number of benzene rings is 8. The highest BCUT2D eigenvalue weighted by atomic mass is 32.2. The fourth-order valence-electron chi connectivity index (χ4n) is 6.94. The molecule has 45 heavy (non-hydrogen) atoms. The molecule has 1 aromatic heterocycles. The quantitative estimate of drug-likeness (QED) is 0.150. The summed E-state index contributed by atoms with van der Waals surface area (Å²) in [4.78, 5) is 7.13. The van der Waals surface area contributed by atoms with E-state index >= 15 is 0 Å². The van der Waals surface area contributed by atoms with Crippen LogP contribution in [0.25, 0.3) is 76.1 Å². The molecule has 0 aliphatic heterocycles. The van der Waals surface area contributed by atoms with Crippen molar-refractivity contribution in [2.45, 2.75) is 9.79 Å². The Balaban J connectivity index is 1.24. The molecule has 0 fully saturated rings. The molecule has 2 heteroatoms. The summed E-state index contributed by atoms with van der Waals surface area (Å²) in [5.41, 5.74) is 4.98. The second-order valence-electron chi connectivity index (χ2n) is 11.5. The van der Waals surface area contributed by atoms with Crippen molar-refractivity contribution < 1.29 is 0 Å². The fraction of sp³-hybridized carbons (Fsp3) is 0. The van der Waals surface area contributed by atoms with Crippen LogP contribution in [0.5, 0.6) is 0 Å². The zero-order valence-electron chi connectivity index (χ0n) is 24.4. The van der Waals surface area contributed by atoms with E-state index in [0.29, 0.717) is 0 Å². The van der Waals surface area contributed by atoms with Gasteiger partial charge in [-0.05, 0) is 95.0 Å². The van der Waals surface area contributed by atoms with E-state index in [-0.39, 0.29) is 0 Å². The van der Waals surface area contributed by atoms with Gasteiger partial charge in [0, 0.05) is 27.6 Å². The van der Waals surface area contributed by atoms with Gasteiger partial charge in [-0.2, -0.15) is 0 Å². The number of aromatic nitrogens is 1. The predicted octanol–water partition coefficient (Wildman–Crippen LogP) is 12.3. The maximum atomic E-state index is 4.66. The Morgan fingerprint density at radius 2 is 1.02 bits per heavy atom. The second kappa shape index (κ2) is 10.6. The number of hydrogen-bond acceptors (Lipinski definition) is 2. The van der Waals surface area contributed by atoms with E-state index < -0.39 is 0 Å². The standard InChI is InChI=1S/C43H27NS/c1-3-13-32-28(10-1)12-9-19-33(32)29-20-22-31(23-21-29)45-43-38-18-8-7-17-37(38)42(41-27-44-25-24-39(41)43)40-26-30-11-2-4-14-34(30)35-15-5-6-16-36(35)40/h1-27H. The first-order valence-electron chi connectivity index (χ1n) is 15.3. The lowest BCUT2D eigenvalue weighted by atomic mass is 9.88. The summed E-state index contributed by atoms with van der Waals surface area (Å²) in [6.07, 6.45) is 3.97. The first-order chi connectivity index (χ1) is 22.3. The zero-order chi connectivity index (χ0) is 29.7. The summed E-state index contributed by atoms with van der Waals surface area (Å²) in [6.45, 7) is 0. The molecule has 0 amide bonds. The summed E-state index contributed by atoms with van der Waals surface area (Å²) < 4.78 is 0. The third kappa shape index (κ3) is 4.29. The molecule has 0 saturated heterocycles. The van der Waals surface area contributed by atoms with Crippen LogP contribution in [-0.4, -0.2) is 4.98 Å². The summed E-state index contributed by atoms with van der Waals surface area (Å²) in [5, 5.41) is 12.5. The SMILES string of the molecule is c1ccc2c(-c3ccc(Sc4c5ccccc5c(-c5cc6ccccc6c6ccccc56)c5cnccc45)cc3)cccc2c1. The van der Waals surface area contributed by atoms with E-state index in [1.54, 1.807) is 0 Å². The summed E-state index contributed by atoms with van der Waals surface area (Å²) in [6, 6.07) is 55.1. The van der Waals surface area contributed by atoms with Crippen molar-refractivity contribution in [1.82, 2.24) is 4.98 Å². The van der Waals surface area contributed by atoms with Gasteiger partial charge in [-0.3, -0.25) is 4.98 Å². The average molecular weight is 590 g/mol. The van der Waals surface area contributed by atoms with Crippen LogP contribution in [-0.2, 0) is 0 Å². The molecule has 210 valence electrons. The van der Waals surface area contributed by atoms with Gasteiger partial charge in [0.25, 0.3) is 0 Å². The number of fused-ring (bicyclic) bond motifs is 6. The molecule has 1 heterocycles. The van der Waals surface area contributed by atoms with E-state index in [9.17, 15) is 0 Å². The van der Waals surface area contributed by atoms with Gasteiger partial charge in [-0.25, -0.2) is 0 Å². The van der Waals surface area contributed by atoms with Crippen molar-refractivity contribution in [3.05, 3.63) is 164 Å². The molecule has 8 aromatic carbocycles. The van der Waals surface area contributed by atoms with Crippen molar-refractivity contribution in [2.24, 2.45) is 0 Å². The lowest BCUT2D eigenvalue weighted by Crippen LogP contribution is -1.92. The van der Waals surface area contributed by atoms with Crippen molar-refractivity contribution in [2.75, 3.05) is 0 Å². The molecule has 0 spiro atoms. The highest BCUT2D eigenvalue weighted by molar-refractivity contribution is 7.99. The fourth-order valence-corrected chi connectivity index (χ4v) is 8.02. The lowest BCUT2D eigenvalue weighted by molar-refractivity contribution is 1.36. The Morgan fingerprint density at radius 1 is 0.400 bits per heavy atom. The number of nitrogens with zero attached hydrogens (tertiary/aromatic N) is 1. The first-order valence-corrected chi connectivity index (χ1v) is 16.1. The van der Waals surface area contributed by atoms with E-state index in [4.69, 9.17) is 0 Å². The van der Waals surface area contributed by atoms with Crippen molar-refractivity contribution >= 4 is 65.6 Å². The van der Waals surface area contributed by atoms with Gasteiger partial charge < -0.3 is 0 Å². The summed E-state index contributed by atoms with van der Waals surface area (Å²) in [7, 11) is 0. The normalized spacial score (nSPS) is 11.6. The molecule has 0 unspecified atom stereocenters. The first kappa shape index (κ1) is 26.0. The Hall–Kier alpha value is -5.44. The smallest absolute Gasteiger partial charge is 0.0353 e. The Kier molecular flexibility index (Phi) is 6.14. The minimum atomic E-state index is 1.17. The Morgan fingerprint density at radius 3 is 1.84 bits per heavy atom. The van der Waals surface area contributed by atoms with Crippen LogP contribution in [0.15, 0.2) is 174 Å². The van der Waals surface area contributed by atoms with Gasteiger partial charge in [0.2, 0.25) is 0 Å². The van der Waals surface area contributed by atoms with E-state index in [1.807, 2.05) is 18.0 Å². The zero-order valence-corrected chi connectivity index (χ0v) is 25.3. The highest BCUT2D eigenvalue weighted by Crippen LogP contribution is 2.47. The van der Waals surface area contributed by atoms with Crippen molar-refractivity contribution in [3.8, 4) is 22.3 Å². The molecule has 0 aliphatic carbocycles. The molecule has 0 aliphatic rings. The molecule has 0 N–H and O–H groups in total. The van der Waals surface area contributed by atoms with Crippen molar-refractivity contribution in [3.63, 3.8) is 0 Å². The molecular formula is C43H27NS. The Labute approximate surface area is 265 Å². The predicted molar refractivity (Wildman–Crippen MR) is 193 cm³/mol. The molecule has 9 rings (SSSR count). The third-order valence-electron chi connectivity index (χ3n) is 8.99. The van der Waals surface area contributed by atoms with Crippen LogP contribution in [0.1, 0.15) is 0 Å². The lowest BCUT2D eigenvalue weighted by Gasteiger charge is -2.19. The second-order valence-corrected chi connectivity index (χ2v) is 12.6. The van der Waals surface area contributed by atoms with E-state index in [2.05, 4.69) is 163 Å². The minimum Gasteiger partial charge on any atom is -0.264 e. The third-order valence-corrected chi connectivity index (χ3v) is 10.1.